The number of aryl methyl sites for hydroxylation is 1. The van der Waals surface area contributed by atoms with Crippen molar-refractivity contribution in [1.29, 1.82) is 0 Å². The Morgan fingerprint density at radius 1 is 1.40 bits per heavy atom. The Morgan fingerprint density at radius 2 is 2.13 bits per heavy atom. The number of hydrogen-bond acceptors (Lipinski definition) is 4. The Kier molecular flexibility index (Phi) is 3.16. The average Bonchev–Trinajstić information content (AvgIpc) is 2.64. The van der Waals surface area contributed by atoms with Crippen LogP contribution in [0.25, 0.3) is 0 Å². The van der Waals surface area contributed by atoms with E-state index in [9.17, 15) is 4.79 Å². The maximum atomic E-state index is 10.7. The van der Waals surface area contributed by atoms with Gasteiger partial charge in [0.05, 0.1) is 0 Å². The van der Waals surface area contributed by atoms with Crippen LogP contribution in [0.1, 0.15) is 5.56 Å². The molecule has 4 heteroatoms. The van der Waals surface area contributed by atoms with E-state index in [1.54, 1.807) is 11.8 Å². The van der Waals surface area contributed by atoms with Gasteiger partial charge in [-0.3, -0.25) is 0 Å². The molecule has 1 aromatic carbocycles. The standard InChI is InChI=1S/C11H12O3S/c1-8-2-4-10(5-3-8)15-7-9-6-13-11(12)14-9/h2-5,9H,6-7H2,1H3. The summed E-state index contributed by atoms with van der Waals surface area (Å²) in [5.41, 5.74) is 1.25. The highest BCUT2D eigenvalue weighted by molar-refractivity contribution is 7.99. The first-order valence-electron chi connectivity index (χ1n) is 4.77. The van der Waals surface area contributed by atoms with E-state index < -0.39 is 6.16 Å². The van der Waals surface area contributed by atoms with Crippen molar-refractivity contribution in [3.05, 3.63) is 29.8 Å². The Labute approximate surface area is 92.8 Å². The Bertz CT molecular complexity index is 347. The average molecular weight is 224 g/mol. The maximum absolute atomic E-state index is 10.7. The molecule has 80 valence electrons. The minimum absolute atomic E-state index is 0.108. The van der Waals surface area contributed by atoms with Crippen molar-refractivity contribution >= 4 is 17.9 Å². The molecule has 15 heavy (non-hydrogen) atoms. The zero-order valence-corrected chi connectivity index (χ0v) is 9.25. The summed E-state index contributed by atoms with van der Waals surface area (Å²) in [7, 11) is 0. The Balaban J connectivity index is 1.83. The van der Waals surface area contributed by atoms with Crippen molar-refractivity contribution in [2.24, 2.45) is 0 Å². The third-order valence-corrected chi connectivity index (χ3v) is 3.25. The first kappa shape index (κ1) is 10.4. The van der Waals surface area contributed by atoms with E-state index in [4.69, 9.17) is 9.47 Å². The van der Waals surface area contributed by atoms with Crippen molar-refractivity contribution in [2.75, 3.05) is 12.4 Å². The second-order valence-electron chi connectivity index (χ2n) is 3.42. The van der Waals surface area contributed by atoms with Gasteiger partial charge in [-0.25, -0.2) is 4.79 Å². The molecule has 1 aliphatic heterocycles. The van der Waals surface area contributed by atoms with Gasteiger partial charge in [-0.2, -0.15) is 0 Å². The molecule has 0 aliphatic carbocycles. The van der Waals surface area contributed by atoms with E-state index in [1.165, 1.54) is 10.5 Å². The molecular formula is C11H12O3S. The summed E-state index contributed by atoms with van der Waals surface area (Å²) in [6.07, 6.45) is -0.659. The van der Waals surface area contributed by atoms with E-state index in [0.717, 1.165) is 5.75 Å². The molecule has 0 radical (unpaired) electrons. The number of carbonyl (C=O) groups is 1. The molecular weight excluding hydrogens is 212 g/mol. The Hall–Kier alpha value is -1.16. The van der Waals surface area contributed by atoms with E-state index in [2.05, 4.69) is 31.2 Å². The third-order valence-electron chi connectivity index (χ3n) is 2.11. The lowest BCUT2D eigenvalue weighted by molar-refractivity contribution is 0.122. The quantitative estimate of drug-likeness (QED) is 0.584. The number of ether oxygens (including phenoxy) is 2. The van der Waals surface area contributed by atoms with Gasteiger partial charge in [0.2, 0.25) is 0 Å². The fraction of sp³-hybridized carbons (Fsp3) is 0.364. The number of carbonyl (C=O) groups excluding carboxylic acids is 1. The lowest BCUT2D eigenvalue weighted by Crippen LogP contribution is -2.12. The smallest absolute Gasteiger partial charge is 0.430 e. The van der Waals surface area contributed by atoms with E-state index in [-0.39, 0.29) is 6.10 Å². The summed E-state index contributed by atoms with van der Waals surface area (Å²) in [6, 6.07) is 8.27. The summed E-state index contributed by atoms with van der Waals surface area (Å²) in [6.45, 7) is 2.43. The topological polar surface area (TPSA) is 35.5 Å². The van der Waals surface area contributed by atoms with Crippen LogP contribution < -0.4 is 0 Å². The molecule has 1 unspecified atom stereocenters. The summed E-state index contributed by atoms with van der Waals surface area (Å²) in [5, 5.41) is 0. The highest BCUT2D eigenvalue weighted by Gasteiger charge is 2.24. The number of cyclic esters (lactones) is 2. The SMILES string of the molecule is Cc1ccc(SCC2COC(=O)O2)cc1. The van der Waals surface area contributed by atoms with Crippen LogP contribution >= 0.6 is 11.8 Å². The molecule has 0 N–H and O–H groups in total. The number of benzene rings is 1. The largest absolute Gasteiger partial charge is 0.508 e. The molecule has 0 bridgehead atoms. The van der Waals surface area contributed by atoms with Gasteiger partial charge in [-0.15, -0.1) is 11.8 Å². The van der Waals surface area contributed by atoms with Gasteiger partial charge in [0, 0.05) is 10.6 Å². The van der Waals surface area contributed by atoms with Crippen LogP contribution in [0.2, 0.25) is 0 Å². The predicted octanol–water partition coefficient (Wildman–Crippen LogP) is 2.62. The Morgan fingerprint density at radius 3 is 2.73 bits per heavy atom. The number of hydrogen-bond donors (Lipinski definition) is 0. The van der Waals surface area contributed by atoms with Gasteiger partial charge in [-0.05, 0) is 19.1 Å². The van der Waals surface area contributed by atoms with Crippen LogP contribution in [-0.2, 0) is 9.47 Å². The minimum atomic E-state index is -0.551. The summed E-state index contributed by atoms with van der Waals surface area (Å²) in [5.74, 6) is 0.745. The molecule has 0 amide bonds. The molecule has 3 nitrogen and oxygen atoms in total. The molecule has 1 fully saturated rings. The second-order valence-corrected chi connectivity index (χ2v) is 4.52. The molecule has 0 saturated carbocycles. The van der Waals surface area contributed by atoms with Crippen LogP contribution in [0, 0.1) is 6.92 Å². The van der Waals surface area contributed by atoms with Crippen molar-refractivity contribution < 1.29 is 14.3 Å². The van der Waals surface area contributed by atoms with Crippen molar-refractivity contribution in [2.45, 2.75) is 17.9 Å². The third kappa shape index (κ3) is 2.89. The molecule has 1 aromatic rings. The van der Waals surface area contributed by atoms with Gasteiger partial charge in [0.15, 0.2) is 0 Å². The van der Waals surface area contributed by atoms with Crippen molar-refractivity contribution in [3.8, 4) is 0 Å². The molecule has 1 heterocycles. The minimum Gasteiger partial charge on any atom is -0.430 e. The van der Waals surface area contributed by atoms with Crippen LogP contribution in [0.4, 0.5) is 4.79 Å². The summed E-state index contributed by atoms with van der Waals surface area (Å²) in [4.78, 5) is 11.8. The fourth-order valence-electron chi connectivity index (χ4n) is 1.27. The van der Waals surface area contributed by atoms with Gasteiger partial charge in [0.1, 0.15) is 12.7 Å². The zero-order valence-electron chi connectivity index (χ0n) is 8.43. The van der Waals surface area contributed by atoms with Crippen LogP contribution in [0.5, 0.6) is 0 Å². The van der Waals surface area contributed by atoms with Gasteiger partial charge in [-0.1, -0.05) is 17.7 Å². The van der Waals surface area contributed by atoms with E-state index in [1.807, 2.05) is 0 Å². The highest BCUT2D eigenvalue weighted by atomic mass is 32.2. The predicted molar refractivity (Wildman–Crippen MR) is 58.1 cm³/mol. The second kappa shape index (κ2) is 4.57. The maximum Gasteiger partial charge on any atom is 0.508 e. The molecule has 1 saturated heterocycles. The van der Waals surface area contributed by atoms with Crippen molar-refractivity contribution in [3.63, 3.8) is 0 Å². The normalized spacial score (nSPS) is 19.8. The van der Waals surface area contributed by atoms with Crippen LogP contribution in [-0.4, -0.2) is 24.6 Å². The van der Waals surface area contributed by atoms with E-state index in [0.29, 0.717) is 6.61 Å². The zero-order chi connectivity index (χ0) is 10.7. The summed E-state index contributed by atoms with van der Waals surface area (Å²) < 4.78 is 9.62. The summed E-state index contributed by atoms with van der Waals surface area (Å²) >= 11 is 1.67. The number of rotatable bonds is 3. The first-order valence-corrected chi connectivity index (χ1v) is 5.75. The van der Waals surface area contributed by atoms with E-state index >= 15 is 0 Å². The lowest BCUT2D eigenvalue weighted by Gasteiger charge is -2.05. The fourth-order valence-corrected chi connectivity index (χ4v) is 2.14. The molecule has 2 rings (SSSR count). The monoisotopic (exact) mass is 224 g/mol. The van der Waals surface area contributed by atoms with Crippen LogP contribution in [0.15, 0.2) is 29.2 Å². The van der Waals surface area contributed by atoms with Crippen LogP contribution in [0.3, 0.4) is 0 Å². The highest BCUT2D eigenvalue weighted by Crippen LogP contribution is 2.21. The van der Waals surface area contributed by atoms with Crippen molar-refractivity contribution in [1.82, 2.24) is 0 Å². The molecule has 0 spiro atoms. The lowest BCUT2D eigenvalue weighted by atomic mass is 10.2. The van der Waals surface area contributed by atoms with Gasteiger partial charge >= 0.3 is 6.16 Å². The first-order chi connectivity index (χ1) is 7.24. The molecule has 1 atom stereocenters. The van der Waals surface area contributed by atoms with Gasteiger partial charge in [0.25, 0.3) is 0 Å². The molecule has 0 aromatic heterocycles. The van der Waals surface area contributed by atoms with Gasteiger partial charge < -0.3 is 9.47 Å². The molecule has 1 aliphatic rings. The number of thioether (sulfide) groups is 1.